The minimum Gasteiger partial charge on any atom is -0.378 e. The van der Waals surface area contributed by atoms with Crippen LogP contribution in [0.1, 0.15) is 18.1 Å². The van der Waals surface area contributed by atoms with Gasteiger partial charge in [-0.25, -0.2) is 24.9 Å². The van der Waals surface area contributed by atoms with Gasteiger partial charge in [-0.3, -0.25) is 19.3 Å². The topological polar surface area (TPSA) is 128 Å². The molecule has 11 nitrogen and oxygen atoms in total. The lowest BCUT2D eigenvalue weighted by molar-refractivity contribution is -0.146. The second-order valence-electron chi connectivity index (χ2n) is 7.94. The van der Waals surface area contributed by atoms with Crippen LogP contribution in [0.25, 0.3) is 0 Å². The normalized spacial score (nSPS) is 16.8. The van der Waals surface area contributed by atoms with Crippen LogP contribution < -0.4 is 21.3 Å². The number of aromatic nitrogens is 4. The Kier molecular flexibility index (Phi) is 8.52. The fourth-order valence-electron chi connectivity index (χ4n) is 3.33. The van der Waals surface area contributed by atoms with Crippen molar-refractivity contribution in [1.29, 1.82) is 0 Å². The summed E-state index contributed by atoms with van der Waals surface area (Å²) in [5, 5.41) is 7.39. The lowest BCUT2D eigenvalue weighted by atomic mass is 10.2. The largest absolute Gasteiger partial charge is 0.423 e. The molecular weight excluding hydrogens is 521 g/mol. The van der Waals surface area contributed by atoms with E-state index in [4.69, 9.17) is 4.84 Å². The Balaban J connectivity index is 1.44. The molecule has 0 aliphatic carbocycles. The molecule has 0 radical (unpaired) electrons. The van der Waals surface area contributed by atoms with Gasteiger partial charge in [0.15, 0.2) is 0 Å². The molecule has 2 aromatic rings. The van der Waals surface area contributed by atoms with Gasteiger partial charge in [0, 0.05) is 44.6 Å². The monoisotopic (exact) mass is 542 g/mol. The summed E-state index contributed by atoms with van der Waals surface area (Å²) in [5.41, 5.74) is -2.66. The minimum absolute atomic E-state index is 0.0205. The van der Waals surface area contributed by atoms with E-state index >= 15 is 0 Å². The van der Waals surface area contributed by atoms with Crippen LogP contribution in [0.3, 0.4) is 0 Å². The molecule has 1 amide bonds. The number of hydrogen-bond acceptors (Lipinski definition) is 9. The highest BCUT2D eigenvalue weighted by molar-refractivity contribution is 5.79. The van der Waals surface area contributed by atoms with E-state index in [0.29, 0.717) is 12.4 Å². The Hall–Kier alpha value is -3.54. The van der Waals surface area contributed by atoms with Crippen LogP contribution in [0.2, 0.25) is 0 Å². The van der Waals surface area contributed by atoms with Crippen LogP contribution in [0.5, 0.6) is 0 Å². The van der Waals surface area contributed by atoms with E-state index in [-0.39, 0.29) is 38.7 Å². The number of anilines is 2. The number of carbonyl (C=O) groups is 1. The van der Waals surface area contributed by atoms with Gasteiger partial charge >= 0.3 is 12.4 Å². The van der Waals surface area contributed by atoms with E-state index in [0.717, 1.165) is 11.1 Å². The highest BCUT2D eigenvalue weighted by Crippen LogP contribution is 2.31. The zero-order valence-corrected chi connectivity index (χ0v) is 19.0. The van der Waals surface area contributed by atoms with Crippen molar-refractivity contribution in [2.24, 2.45) is 0 Å². The van der Waals surface area contributed by atoms with Gasteiger partial charge in [-0.05, 0) is 6.92 Å². The summed E-state index contributed by atoms with van der Waals surface area (Å²) in [6.07, 6.45) is -9.60. The molecule has 0 bridgehead atoms. The molecule has 18 heteroatoms. The molecule has 0 spiro atoms. The first-order valence-electron chi connectivity index (χ1n) is 10.6. The maximum absolute atomic E-state index is 14.6. The van der Waals surface area contributed by atoms with E-state index in [9.17, 15) is 40.3 Å². The number of hydrogen-bond donors (Lipinski definition) is 3. The number of rotatable bonds is 8. The van der Waals surface area contributed by atoms with Crippen molar-refractivity contribution in [3.63, 3.8) is 0 Å². The van der Waals surface area contributed by atoms with E-state index in [1.54, 1.807) is 5.10 Å². The zero-order chi connectivity index (χ0) is 27.4. The first-order valence-corrected chi connectivity index (χ1v) is 10.6. The van der Waals surface area contributed by atoms with Crippen LogP contribution in [-0.2, 0) is 22.0 Å². The van der Waals surface area contributed by atoms with Gasteiger partial charge in [0.1, 0.15) is 5.56 Å². The maximum Gasteiger partial charge on any atom is 0.423 e. The number of hydroxylamine groups is 1. The van der Waals surface area contributed by atoms with E-state index in [1.165, 1.54) is 11.8 Å². The number of piperazine rings is 1. The molecule has 3 N–H and O–H groups in total. The third-order valence-corrected chi connectivity index (χ3v) is 5.15. The summed E-state index contributed by atoms with van der Waals surface area (Å²) in [6, 6.07) is -0.852. The fraction of sp³-hybridized carbons (Fsp3) is 0.526. The Morgan fingerprint density at radius 3 is 2.27 bits per heavy atom. The molecule has 0 saturated carbocycles. The van der Waals surface area contributed by atoms with Crippen LogP contribution >= 0.6 is 0 Å². The van der Waals surface area contributed by atoms with Gasteiger partial charge in [-0.1, -0.05) is 0 Å². The van der Waals surface area contributed by atoms with E-state index in [2.05, 4.69) is 20.4 Å². The molecule has 1 saturated heterocycles. The number of nitrogens with one attached hydrogen (secondary N) is 3. The molecule has 1 fully saturated rings. The van der Waals surface area contributed by atoms with Crippen molar-refractivity contribution in [3.05, 3.63) is 40.1 Å². The van der Waals surface area contributed by atoms with Crippen LogP contribution in [0.4, 0.5) is 42.4 Å². The number of alkyl halides is 7. The maximum atomic E-state index is 14.6. The Morgan fingerprint density at radius 2 is 1.70 bits per heavy atom. The number of aromatic amines is 1. The Morgan fingerprint density at radius 1 is 1.08 bits per heavy atom. The summed E-state index contributed by atoms with van der Waals surface area (Å²) < 4.78 is 91.7. The van der Waals surface area contributed by atoms with E-state index in [1.807, 2.05) is 5.48 Å². The number of carbonyl (C=O) groups excluding carboxylic acids is 1. The van der Waals surface area contributed by atoms with Crippen molar-refractivity contribution in [2.75, 3.05) is 43.0 Å². The second kappa shape index (κ2) is 11.2. The third-order valence-electron chi connectivity index (χ3n) is 5.15. The number of amides is 1. The standard InChI is InChI=1S/C19H21F7N8O3/c1-10(30-12-8-29-31-15(35)13(12)19(24,25)26)9-37-32-16(36)14(20)33-2-4-34(5-3-33)17-27-6-11(7-28-17)18(21,22)23/h6-8,10,14H,2-5,9H2,1H3,(H,32,36)(H2,30,31,35). The molecule has 1 aliphatic heterocycles. The molecule has 0 aromatic carbocycles. The molecule has 37 heavy (non-hydrogen) atoms. The molecule has 3 heterocycles. The highest BCUT2D eigenvalue weighted by atomic mass is 19.4. The van der Waals surface area contributed by atoms with Crippen molar-refractivity contribution in [3.8, 4) is 0 Å². The number of nitrogens with zero attached hydrogens (tertiary/aromatic N) is 5. The summed E-state index contributed by atoms with van der Waals surface area (Å²) >= 11 is 0. The van der Waals surface area contributed by atoms with Gasteiger partial charge in [-0.2, -0.15) is 31.4 Å². The average molecular weight is 542 g/mol. The van der Waals surface area contributed by atoms with Crippen molar-refractivity contribution in [2.45, 2.75) is 31.6 Å². The highest BCUT2D eigenvalue weighted by Gasteiger charge is 2.38. The summed E-state index contributed by atoms with van der Waals surface area (Å²) in [5.74, 6) is -1.14. The van der Waals surface area contributed by atoms with Gasteiger partial charge in [0.2, 0.25) is 12.2 Å². The first kappa shape index (κ1) is 28.0. The zero-order valence-electron chi connectivity index (χ0n) is 19.0. The van der Waals surface area contributed by atoms with Crippen molar-refractivity contribution in [1.82, 2.24) is 30.5 Å². The molecule has 2 unspecified atom stereocenters. The van der Waals surface area contributed by atoms with Gasteiger partial charge in [-0.15, -0.1) is 0 Å². The quantitative estimate of drug-likeness (QED) is 0.259. The first-order chi connectivity index (χ1) is 17.3. The van der Waals surface area contributed by atoms with Crippen molar-refractivity contribution >= 4 is 17.5 Å². The Bertz CT molecular complexity index is 1120. The lowest BCUT2D eigenvalue weighted by Crippen LogP contribution is -2.53. The fourth-order valence-corrected chi connectivity index (χ4v) is 3.33. The van der Waals surface area contributed by atoms with Crippen molar-refractivity contribution < 1.29 is 40.4 Å². The lowest BCUT2D eigenvalue weighted by Gasteiger charge is -2.35. The molecule has 2 aromatic heterocycles. The molecule has 1 aliphatic rings. The smallest absolute Gasteiger partial charge is 0.378 e. The van der Waals surface area contributed by atoms with Gasteiger partial charge in [0.25, 0.3) is 11.5 Å². The third kappa shape index (κ3) is 7.25. The van der Waals surface area contributed by atoms with Crippen LogP contribution in [-0.4, -0.2) is 76.1 Å². The molecular formula is C19H21F7N8O3. The summed E-state index contributed by atoms with van der Waals surface area (Å²) in [4.78, 5) is 38.5. The number of H-pyrrole nitrogens is 1. The SMILES string of the molecule is CC(CONC(=O)C(F)N1CCN(c2ncc(C(F)(F)F)cn2)CC1)Nc1cn[nH]c(=O)c1C(F)(F)F. The average Bonchev–Trinajstić information content (AvgIpc) is 2.82. The summed E-state index contributed by atoms with van der Waals surface area (Å²) in [6.45, 7) is 1.31. The Labute approximate surface area is 204 Å². The molecule has 3 rings (SSSR count). The second-order valence-corrected chi connectivity index (χ2v) is 7.94. The van der Waals surface area contributed by atoms with Gasteiger partial charge < -0.3 is 10.2 Å². The minimum atomic E-state index is -4.95. The van der Waals surface area contributed by atoms with E-state index < -0.39 is 53.0 Å². The summed E-state index contributed by atoms with van der Waals surface area (Å²) in [7, 11) is 0. The van der Waals surface area contributed by atoms with Crippen LogP contribution in [0.15, 0.2) is 23.4 Å². The van der Waals surface area contributed by atoms with Crippen LogP contribution in [0, 0.1) is 0 Å². The molecule has 204 valence electrons. The predicted octanol–water partition coefficient (Wildman–Crippen LogP) is 1.56. The predicted molar refractivity (Wildman–Crippen MR) is 113 cm³/mol. The number of halogens is 7. The molecule has 2 atom stereocenters. The van der Waals surface area contributed by atoms with Gasteiger partial charge in [0.05, 0.1) is 24.1 Å².